The molecule has 1 heteroatoms. The highest BCUT2D eigenvalue weighted by atomic mass is 16.1. The summed E-state index contributed by atoms with van der Waals surface area (Å²) in [4.78, 5) is 11.5. The first-order valence-corrected chi connectivity index (χ1v) is 7.99. The van der Waals surface area contributed by atoms with Crippen molar-refractivity contribution >= 4 is 5.78 Å². The van der Waals surface area contributed by atoms with E-state index in [0.29, 0.717) is 5.78 Å². The molecule has 0 unspecified atom stereocenters. The predicted octanol–water partition coefficient (Wildman–Crippen LogP) is 6.00. The Kier molecular flexibility index (Phi) is 11.7. The smallest absolute Gasteiger partial charge is 0.133 e. The molecular formula is C18H32O. The van der Waals surface area contributed by atoms with Gasteiger partial charge < -0.3 is 0 Å². The summed E-state index contributed by atoms with van der Waals surface area (Å²) in [7, 11) is 0. The third-order valence-electron chi connectivity index (χ3n) is 3.47. The molecular weight excluding hydrogens is 232 g/mol. The molecule has 0 heterocycles. The average molecular weight is 264 g/mol. The number of rotatable bonds is 11. The van der Waals surface area contributed by atoms with Gasteiger partial charge in [-0.1, -0.05) is 50.5 Å². The fourth-order valence-corrected chi connectivity index (χ4v) is 2.14. The summed E-state index contributed by atoms with van der Waals surface area (Å²) >= 11 is 0. The van der Waals surface area contributed by atoms with Crippen molar-refractivity contribution in [3.63, 3.8) is 0 Å². The molecule has 0 radical (unpaired) electrons. The fourth-order valence-electron chi connectivity index (χ4n) is 2.14. The van der Waals surface area contributed by atoms with Crippen molar-refractivity contribution in [2.45, 2.75) is 85.5 Å². The molecule has 0 fully saturated rings. The number of carbonyl (C=O) groups excluding carboxylic acids is 1. The minimum absolute atomic E-state index is 0.413. The van der Waals surface area contributed by atoms with Crippen molar-refractivity contribution < 1.29 is 4.79 Å². The van der Waals surface area contributed by atoms with Crippen LogP contribution in [0.2, 0.25) is 0 Å². The van der Waals surface area contributed by atoms with Crippen molar-refractivity contribution in [2.75, 3.05) is 0 Å². The lowest BCUT2D eigenvalue weighted by Crippen LogP contribution is -1.95. The van der Waals surface area contributed by atoms with Crippen LogP contribution in [0.15, 0.2) is 23.3 Å². The highest BCUT2D eigenvalue weighted by Crippen LogP contribution is 2.16. The lowest BCUT2D eigenvalue weighted by Gasteiger charge is -2.05. The molecule has 0 aliphatic rings. The third-order valence-corrected chi connectivity index (χ3v) is 3.47. The zero-order valence-electron chi connectivity index (χ0n) is 13.4. The van der Waals surface area contributed by atoms with E-state index in [0.717, 1.165) is 44.9 Å². The molecule has 0 aliphatic heterocycles. The standard InChI is InChI=1S/C18H32O/c1-5-10-17(13-8-12-16(4)7-3)14-9-15-18(19)11-6-2/h12,14H,5-11,13,15H2,1-4H3. The Bertz CT molecular complexity index is 297. The van der Waals surface area contributed by atoms with E-state index in [2.05, 4.69) is 39.8 Å². The second-order valence-corrected chi connectivity index (χ2v) is 5.38. The van der Waals surface area contributed by atoms with Crippen LogP contribution in [0.3, 0.4) is 0 Å². The number of hydrogen-bond donors (Lipinski definition) is 0. The fraction of sp³-hybridized carbons (Fsp3) is 0.722. The quantitative estimate of drug-likeness (QED) is 0.418. The molecule has 0 bridgehead atoms. The number of hydrogen-bond acceptors (Lipinski definition) is 1. The molecule has 0 spiro atoms. The Hall–Kier alpha value is -0.850. The topological polar surface area (TPSA) is 17.1 Å². The molecule has 0 rings (SSSR count). The van der Waals surface area contributed by atoms with E-state index < -0.39 is 0 Å². The van der Waals surface area contributed by atoms with Gasteiger partial charge in [-0.15, -0.1) is 0 Å². The summed E-state index contributed by atoms with van der Waals surface area (Å²) in [6.07, 6.45) is 13.9. The first-order valence-electron chi connectivity index (χ1n) is 7.99. The van der Waals surface area contributed by atoms with Gasteiger partial charge in [0.05, 0.1) is 0 Å². The zero-order chi connectivity index (χ0) is 14.5. The Labute approximate surface area is 120 Å². The largest absolute Gasteiger partial charge is 0.300 e. The van der Waals surface area contributed by atoms with Crippen molar-refractivity contribution in [3.05, 3.63) is 23.3 Å². The minimum atomic E-state index is 0.413. The van der Waals surface area contributed by atoms with Gasteiger partial charge in [0.1, 0.15) is 5.78 Å². The van der Waals surface area contributed by atoms with E-state index in [1.165, 1.54) is 24.0 Å². The summed E-state index contributed by atoms with van der Waals surface area (Å²) in [5.41, 5.74) is 3.01. The number of ketones is 1. The molecule has 0 amide bonds. The predicted molar refractivity (Wildman–Crippen MR) is 85.4 cm³/mol. The molecule has 0 aromatic rings. The van der Waals surface area contributed by atoms with Crippen LogP contribution >= 0.6 is 0 Å². The lowest BCUT2D eigenvalue weighted by atomic mass is 10.0. The first-order chi connectivity index (χ1) is 9.13. The Morgan fingerprint density at radius 2 is 1.47 bits per heavy atom. The van der Waals surface area contributed by atoms with Crippen LogP contribution in [-0.2, 0) is 4.79 Å². The highest BCUT2D eigenvalue weighted by molar-refractivity contribution is 5.78. The summed E-state index contributed by atoms with van der Waals surface area (Å²) in [6, 6.07) is 0. The second-order valence-electron chi connectivity index (χ2n) is 5.38. The van der Waals surface area contributed by atoms with Gasteiger partial charge in [0.15, 0.2) is 0 Å². The molecule has 0 aromatic carbocycles. The number of allylic oxidation sites excluding steroid dienone is 4. The Balaban J connectivity index is 4.12. The van der Waals surface area contributed by atoms with E-state index in [-0.39, 0.29) is 0 Å². The van der Waals surface area contributed by atoms with Gasteiger partial charge in [-0.25, -0.2) is 0 Å². The van der Waals surface area contributed by atoms with Gasteiger partial charge in [-0.2, -0.15) is 0 Å². The number of Topliss-reactive ketones (excluding diaryl/α,β-unsaturated/α-hetero) is 1. The highest BCUT2D eigenvalue weighted by Gasteiger charge is 2.00. The Morgan fingerprint density at radius 3 is 2.05 bits per heavy atom. The van der Waals surface area contributed by atoms with Crippen LogP contribution in [0.25, 0.3) is 0 Å². The molecule has 0 aromatic heterocycles. The first kappa shape index (κ1) is 18.1. The molecule has 110 valence electrons. The monoisotopic (exact) mass is 264 g/mol. The van der Waals surface area contributed by atoms with Crippen molar-refractivity contribution in [3.8, 4) is 0 Å². The maximum atomic E-state index is 11.5. The van der Waals surface area contributed by atoms with Gasteiger partial charge in [-0.3, -0.25) is 4.79 Å². The summed E-state index contributed by atoms with van der Waals surface area (Å²) < 4.78 is 0. The van der Waals surface area contributed by atoms with Crippen LogP contribution in [0.4, 0.5) is 0 Å². The van der Waals surface area contributed by atoms with Crippen molar-refractivity contribution in [1.82, 2.24) is 0 Å². The maximum absolute atomic E-state index is 11.5. The van der Waals surface area contributed by atoms with Crippen LogP contribution in [-0.4, -0.2) is 5.78 Å². The summed E-state index contributed by atoms with van der Waals surface area (Å²) in [5.74, 6) is 0.413. The zero-order valence-corrected chi connectivity index (χ0v) is 13.4. The van der Waals surface area contributed by atoms with Crippen molar-refractivity contribution in [1.29, 1.82) is 0 Å². The number of carbonyl (C=O) groups is 1. The molecule has 1 nitrogen and oxygen atoms in total. The van der Waals surface area contributed by atoms with Crippen LogP contribution < -0.4 is 0 Å². The van der Waals surface area contributed by atoms with Crippen LogP contribution in [0.5, 0.6) is 0 Å². The van der Waals surface area contributed by atoms with E-state index >= 15 is 0 Å². The minimum Gasteiger partial charge on any atom is -0.300 e. The molecule has 0 saturated carbocycles. The van der Waals surface area contributed by atoms with E-state index in [4.69, 9.17) is 0 Å². The van der Waals surface area contributed by atoms with Gasteiger partial charge in [0, 0.05) is 12.8 Å². The van der Waals surface area contributed by atoms with E-state index in [1.54, 1.807) is 0 Å². The van der Waals surface area contributed by atoms with Gasteiger partial charge in [0.25, 0.3) is 0 Å². The lowest BCUT2D eigenvalue weighted by molar-refractivity contribution is -0.119. The average Bonchev–Trinajstić information content (AvgIpc) is 2.38. The van der Waals surface area contributed by atoms with Crippen LogP contribution in [0, 0.1) is 0 Å². The van der Waals surface area contributed by atoms with Gasteiger partial charge in [-0.05, 0) is 45.4 Å². The maximum Gasteiger partial charge on any atom is 0.133 e. The SMILES string of the molecule is CCCC(=O)CCC=C(CCC)CCC=C(C)CC. The second kappa shape index (κ2) is 12.2. The van der Waals surface area contributed by atoms with E-state index in [9.17, 15) is 4.79 Å². The van der Waals surface area contributed by atoms with E-state index in [1.807, 2.05) is 0 Å². The van der Waals surface area contributed by atoms with Gasteiger partial charge in [0.2, 0.25) is 0 Å². The summed E-state index contributed by atoms with van der Waals surface area (Å²) in [6.45, 7) is 8.70. The van der Waals surface area contributed by atoms with Gasteiger partial charge >= 0.3 is 0 Å². The molecule has 0 aliphatic carbocycles. The third kappa shape index (κ3) is 10.7. The molecule has 0 atom stereocenters. The van der Waals surface area contributed by atoms with Crippen molar-refractivity contribution in [2.24, 2.45) is 0 Å². The molecule has 19 heavy (non-hydrogen) atoms. The molecule has 0 N–H and O–H groups in total. The normalized spacial score (nSPS) is 12.8. The van der Waals surface area contributed by atoms with Crippen LogP contribution in [0.1, 0.15) is 85.5 Å². The molecule has 0 saturated heterocycles. The summed E-state index contributed by atoms with van der Waals surface area (Å²) in [5, 5.41) is 0. The Morgan fingerprint density at radius 1 is 0.842 bits per heavy atom.